The molecule has 0 aliphatic carbocycles. The van der Waals surface area contributed by atoms with Crippen LogP contribution < -0.4 is 0 Å². The van der Waals surface area contributed by atoms with Gasteiger partial charge in [-0.15, -0.1) is 0 Å². The van der Waals surface area contributed by atoms with Crippen molar-refractivity contribution in [2.45, 2.75) is 13.3 Å². The lowest BCUT2D eigenvalue weighted by Crippen LogP contribution is -1.87. The molecule has 1 aromatic rings. The number of benzene rings is 1. The summed E-state index contributed by atoms with van der Waals surface area (Å²) in [5.74, 6) is 0. The van der Waals surface area contributed by atoms with E-state index in [4.69, 9.17) is 0 Å². The first-order valence-electron chi connectivity index (χ1n) is 3.39. The monoisotopic (exact) mass is 418 g/mol. The fourth-order valence-electron chi connectivity index (χ4n) is 0.928. The molecule has 0 N–H and O–H groups in total. The van der Waals surface area contributed by atoms with Gasteiger partial charge in [-0.3, -0.25) is 0 Å². The van der Waals surface area contributed by atoms with Crippen molar-refractivity contribution in [3.8, 4) is 0 Å². The molecule has 0 aliphatic heterocycles. The molecule has 66 valence electrons. The molecule has 0 saturated carbocycles. The first-order chi connectivity index (χ1) is 5.57. The Balaban J connectivity index is 3.40. The van der Waals surface area contributed by atoms with E-state index in [1.807, 2.05) is 6.07 Å². The van der Waals surface area contributed by atoms with Crippen LogP contribution in [-0.4, -0.2) is 0 Å². The van der Waals surface area contributed by atoms with Crippen LogP contribution in [-0.2, 0) is 6.42 Å². The van der Waals surface area contributed by atoms with E-state index in [0.717, 1.165) is 24.3 Å². The largest absolute Gasteiger partial charge is 0.0612 e. The van der Waals surface area contributed by atoms with E-state index in [0.29, 0.717) is 0 Å². The van der Waals surface area contributed by atoms with Crippen molar-refractivity contribution >= 4 is 63.7 Å². The van der Waals surface area contributed by atoms with Gasteiger partial charge in [-0.1, -0.05) is 22.9 Å². The molecule has 0 aliphatic rings. The Morgan fingerprint density at radius 1 is 1.00 bits per heavy atom. The number of rotatable bonds is 1. The van der Waals surface area contributed by atoms with E-state index in [1.165, 1.54) is 5.56 Å². The SMILES string of the molecule is CCc1c(Br)cc(Br)c(Br)c1Br. The van der Waals surface area contributed by atoms with Gasteiger partial charge in [0.05, 0.1) is 0 Å². The van der Waals surface area contributed by atoms with Crippen LogP contribution in [0.3, 0.4) is 0 Å². The first kappa shape index (κ1) is 11.2. The van der Waals surface area contributed by atoms with Crippen molar-refractivity contribution in [3.63, 3.8) is 0 Å². The molecule has 0 bridgehead atoms. The molecule has 0 unspecified atom stereocenters. The molecular formula is C8H6Br4. The van der Waals surface area contributed by atoms with Gasteiger partial charge in [0.15, 0.2) is 0 Å². The average Bonchev–Trinajstić information content (AvgIpc) is 2.01. The highest BCUT2D eigenvalue weighted by Gasteiger charge is 2.09. The zero-order valence-corrected chi connectivity index (χ0v) is 12.6. The molecule has 0 amide bonds. The minimum absolute atomic E-state index is 1.01. The van der Waals surface area contributed by atoms with Crippen molar-refractivity contribution in [1.29, 1.82) is 0 Å². The van der Waals surface area contributed by atoms with Crippen LogP contribution in [0.5, 0.6) is 0 Å². The molecule has 4 heteroatoms. The summed E-state index contributed by atoms with van der Waals surface area (Å²) >= 11 is 14.0. The van der Waals surface area contributed by atoms with Gasteiger partial charge < -0.3 is 0 Å². The van der Waals surface area contributed by atoms with Crippen LogP contribution in [0, 0.1) is 0 Å². The maximum atomic E-state index is 3.54. The highest BCUT2D eigenvalue weighted by Crippen LogP contribution is 2.38. The highest BCUT2D eigenvalue weighted by molar-refractivity contribution is 9.14. The molecule has 0 aromatic heterocycles. The van der Waals surface area contributed by atoms with Crippen LogP contribution in [0.1, 0.15) is 12.5 Å². The molecule has 1 rings (SSSR count). The zero-order chi connectivity index (χ0) is 9.30. The third-order valence-electron chi connectivity index (χ3n) is 1.56. The Hall–Kier alpha value is 1.14. The molecule has 0 radical (unpaired) electrons. The second-order valence-corrected chi connectivity index (χ2v) is 5.59. The second-order valence-electron chi connectivity index (χ2n) is 2.30. The van der Waals surface area contributed by atoms with Gasteiger partial charge in [0.2, 0.25) is 0 Å². The maximum absolute atomic E-state index is 3.54. The number of hydrogen-bond acceptors (Lipinski definition) is 0. The summed E-state index contributed by atoms with van der Waals surface area (Å²) in [5, 5.41) is 0. The van der Waals surface area contributed by atoms with E-state index >= 15 is 0 Å². The Morgan fingerprint density at radius 3 is 2.08 bits per heavy atom. The number of hydrogen-bond donors (Lipinski definition) is 0. The fourth-order valence-corrected chi connectivity index (χ4v) is 3.96. The van der Waals surface area contributed by atoms with Crippen molar-refractivity contribution in [3.05, 3.63) is 29.5 Å². The Labute approximate surface area is 106 Å². The lowest BCUT2D eigenvalue weighted by molar-refractivity contribution is 1.11. The average molecular weight is 422 g/mol. The predicted molar refractivity (Wildman–Crippen MR) is 66.6 cm³/mol. The summed E-state index contributed by atoms with van der Waals surface area (Å²) in [7, 11) is 0. The third-order valence-corrected chi connectivity index (χ3v) is 5.66. The first-order valence-corrected chi connectivity index (χ1v) is 6.57. The van der Waals surface area contributed by atoms with Crippen molar-refractivity contribution < 1.29 is 0 Å². The van der Waals surface area contributed by atoms with Crippen molar-refractivity contribution in [1.82, 2.24) is 0 Å². The molecule has 0 nitrogen and oxygen atoms in total. The van der Waals surface area contributed by atoms with E-state index in [2.05, 4.69) is 70.6 Å². The van der Waals surface area contributed by atoms with E-state index in [-0.39, 0.29) is 0 Å². The summed E-state index contributed by atoms with van der Waals surface area (Å²) in [6.45, 7) is 2.13. The minimum Gasteiger partial charge on any atom is -0.0612 e. The van der Waals surface area contributed by atoms with Crippen molar-refractivity contribution in [2.75, 3.05) is 0 Å². The van der Waals surface area contributed by atoms with Gasteiger partial charge in [0, 0.05) is 17.9 Å². The summed E-state index contributed by atoms with van der Waals surface area (Å²) in [6, 6.07) is 2.05. The summed E-state index contributed by atoms with van der Waals surface area (Å²) < 4.78 is 4.37. The molecule has 0 saturated heterocycles. The third kappa shape index (κ3) is 2.14. The lowest BCUT2D eigenvalue weighted by atomic mass is 10.2. The van der Waals surface area contributed by atoms with E-state index in [9.17, 15) is 0 Å². The normalized spacial score (nSPS) is 10.4. The van der Waals surface area contributed by atoms with E-state index in [1.54, 1.807) is 0 Å². The zero-order valence-electron chi connectivity index (χ0n) is 6.30. The van der Waals surface area contributed by atoms with Crippen LogP contribution in [0.4, 0.5) is 0 Å². The standard InChI is InChI=1S/C8H6Br4/c1-2-4-5(9)3-6(10)8(12)7(4)11/h3H,2H2,1H3. The van der Waals surface area contributed by atoms with Crippen LogP contribution >= 0.6 is 63.7 Å². The molecule has 0 heterocycles. The smallest absolute Gasteiger partial charge is 0.0463 e. The van der Waals surface area contributed by atoms with Gasteiger partial charge in [0.1, 0.15) is 0 Å². The molecule has 0 fully saturated rings. The van der Waals surface area contributed by atoms with E-state index < -0.39 is 0 Å². The van der Waals surface area contributed by atoms with Gasteiger partial charge in [-0.2, -0.15) is 0 Å². The molecule has 0 spiro atoms. The number of halogens is 4. The molecular weight excluding hydrogens is 416 g/mol. The Kier molecular flexibility index (Phi) is 4.28. The molecule has 1 aromatic carbocycles. The second kappa shape index (κ2) is 4.58. The summed E-state index contributed by atoms with van der Waals surface area (Å²) in [6.07, 6.45) is 1.01. The van der Waals surface area contributed by atoms with Crippen LogP contribution in [0.2, 0.25) is 0 Å². The Bertz CT molecular complexity index is 306. The highest BCUT2D eigenvalue weighted by atomic mass is 79.9. The predicted octanol–water partition coefficient (Wildman–Crippen LogP) is 5.30. The topological polar surface area (TPSA) is 0 Å². The molecule has 12 heavy (non-hydrogen) atoms. The lowest BCUT2D eigenvalue weighted by Gasteiger charge is -2.08. The van der Waals surface area contributed by atoms with Gasteiger partial charge >= 0.3 is 0 Å². The quantitative estimate of drug-likeness (QED) is 0.426. The maximum Gasteiger partial charge on any atom is 0.0463 e. The summed E-state index contributed by atoms with van der Waals surface area (Å²) in [5.41, 5.74) is 1.28. The van der Waals surface area contributed by atoms with Crippen LogP contribution in [0.25, 0.3) is 0 Å². The Morgan fingerprint density at radius 2 is 1.58 bits per heavy atom. The van der Waals surface area contributed by atoms with Gasteiger partial charge in [0.25, 0.3) is 0 Å². The van der Waals surface area contributed by atoms with Crippen LogP contribution in [0.15, 0.2) is 24.0 Å². The van der Waals surface area contributed by atoms with Gasteiger partial charge in [-0.25, -0.2) is 0 Å². The fraction of sp³-hybridized carbons (Fsp3) is 0.250. The summed E-state index contributed by atoms with van der Waals surface area (Å²) in [4.78, 5) is 0. The minimum atomic E-state index is 1.01. The van der Waals surface area contributed by atoms with Gasteiger partial charge in [-0.05, 0) is 65.8 Å². The molecule has 0 atom stereocenters. The van der Waals surface area contributed by atoms with Crippen molar-refractivity contribution in [2.24, 2.45) is 0 Å².